The molecule has 5 nitrogen and oxygen atoms in total. The monoisotopic (exact) mass is 379 g/mol. The summed E-state index contributed by atoms with van der Waals surface area (Å²) in [4.78, 5) is 22.3. The molecule has 0 aliphatic carbocycles. The molecular weight excluding hydrogens is 350 g/mol. The predicted octanol–water partition coefficient (Wildman–Crippen LogP) is 3.34. The Balaban J connectivity index is 1.27. The van der Waals surface area contributed by atoms with Gasteiger partial charge in [0.05, 0.1) is 24.3 Å². The summed E-state index contributed by atoms with van der Waals surface area (Å²) in [6, 6.07) is 11.8. The van der Waals surface area contributed by atoms with E-state index in [1.54, 1.807) is 0 Å². The van der Waals surface area contributed by atoms with Gasteiger partial charge in [0.1, 0.15) is 5.69 Å². The van der Waals surface area contributed by atoms with Gasteiger partial charge in [-0.25, -0.2) is 4.98 Å². The topological polar surface area (TPSA) is 45.7 Å². The lowest BCUT2D eigenvalue weighted by atomic mass is 9.86. The molecule has 0 bridgehead atoms. The van der Waals surface area contributed by atoms with Gasteiger partial charge in [-0.3, -0.25) is 4.79 Å². The maximum Gasteiger partial charge on any atom is 0.272 e. The second-order valence-corrected chi connectivity index (χ2v) is 8.79. The van der Waals surface area contributed by atoms with Crippen molar-refractivity contribution < 1.29 is 9.53 Å². The third kappa shape index (κ3) is 3.53. The van der Waals surface area contributed by atoms with E-state index >= 15 is 0 Å². The van der Waals surface area contributed by atoms with Crippen molar-refractivity contribution in [2.75, 3.05) is 39.3 Å². The Morgan fingerprint density at radius 3 is 2.86 bits per heavy atom. The Hall–Kier alpha value is -1.98. The van der Waals surface area contributed by atoms with Gasteiger partial charge in [0.25, 0.3) is 5.91 Å². The minimum absolute atomic E-state index is 0.0384. The van der Waals surface area contributed by atoms with Crippen LogP contribution in [-0.4, -0.2) is 65.6 Å². The molecule has 2 aromatic rings. The summed E-state index contributed by atoms with van der Waals surface area (Å²) >= 11 is 0. The van der Waals surface area contributed by atoms with E-state index in [4.69, 9.17) is 4.74 Å². The molecule has 1 amide bonds. The molecule has 148 valence electrons. The molecule has 5 rings (SSSR count). The van der Waals surface area contributed by atoms with Crippen LogP contribution in [0.25, 0.3) is 10.9 Å². The van der Waals surface area contributed by atoms with Gasteiger partial charge < -0.3 is 14.5 Å². The molecular formula is C23H29N3O2. The molecule has 1 spiro atoms. The molecule has 0 unspecified atom stereocenters. The fourth-order valence-corrected chi connectivity index (χ4v) is 5.29. The first-order valence-corrected chi connectivity index (χ1v) is 10.7. The molecule has 3 aliphatic rings. The molecule has 0 N–H and O–H groups in total. The first-order valence-electron chi connectivity index (χ1n) is 10.7. The van der Waals surface area contributed by atoms with Gasteiger partial charge in [-0.1, -0.05) is 24.3 Å². The molecule has 28 heavy (non-hydrogen) atoms. The number of rotatable bonds is 3. The van der Waals surface area contributed by atoms with E-state index in [1.165, 1.54) is 25.9 Å². The Labute approximate surface area is 166 Å². The minimum Gasteiger partial charge on any atom is -0.373 e. The van der Waals surface area contributed by atoms with Crippen molar-refractivity contribution in [2.45, 2.75) is 37.7 Å². The third-order valence-electron chi connectivity index (χ3n) is 6.65. The first kappa shape index (κ1) is 18.1. The van der Waals surface area contributed by atoms with Crippen LogP contribution in [0.15, 0.2) is 36.4 Å². The van der Waals surface area contributed by atoms with E-state index in [0.29, 0.717) is 18.2 Å². The van der Waals surface area contributed by atoms with Gasteiger partial charge in [-0.15, -0.1) is 0 Å². The molecule has 4 heterocycles. The van der Waals surface area contributed by atoms with E-state index in [2.05, 4.69) is 9.88 Å². The summed E-state index contributed by atoms with van der Waals surface area (Å²) in [6.45, 7) is 5.98. The van der Waals surface area contributed by atoms with Gasteiger partial charge in [0, 0.05) is 18.5 Å². The normalized spacial score (nSPS) is 28.4. The van der Waals surface area contributed by atoms with Crippen molar-refractivity contribution in [2.24, 2.45) is 5.92 Å². The van der Waals surface area contributed by atoms with Crippen molar-refractivity contribution in [3.05, 3.63) is 42.1 Å². The van der Waals surface area contributed by atoms with Crippen LogP contribution >= 0.6 is 0 Å². The molecule has 3 fully saturated rings. The second-order valence-electron chi connectivity index (χ2n) is 8.79. The molecule has 1 aromatic heterocycles. The van der Waals surface area contributed by atoms with Crippen molar-refractivity contribution in [1.82, 2.24) is 14.8 Å². The zero-order valence-electron chi connectivity index (χ0n) is 16.5. The summed E-state index contributed by atoms with van der Waals surface area (Å²) in [5.74, 6) is 0.642. The van der Waals surface area contributed by atoms with Crippen LogP contribution in [0, 0.1) is 5.92 Å². The lowest BCUT2D eigenvalue weighted by Gasteiger charge is -2.39. The zero-order chi connectivity index (χ0) is 19.0. The molecule has 2 atom stereocenters. The molecule has 3 aliphatic heterocycles. The predicted molar refractivity (Wildman–Crippen MR) is 109 cm³/mol. The number of ether oxygens (including phenoxy) is 1. The van der Waals surface area contributed by atoms with E-state index in [0.717, 1.165) is 49.9 Å². The van der Waals surface area contributed by atoms with Crippen molar-refractivity contribution in [1.29, 1.82) is 0 Å². The average molecular weight is 380 g/mol. The third-order valence-corrected chi connectivity index (χ3v) is 6.65. The number of aromatic nitrogens is 1. The van der Waals surface area contributed by atoms with Gasteiger partial charge in [-0.2, -0.15) is 0 Å². The number of nitrogens with zero attached hydrogens (tertiary/aromatic N) is 3. The summed E-state index contributed by atoms with van der Waals surface area (Å²) in [5, 5.41) is 1.07. The molecule has 0 radical (unpaired) electrons. The second kappa shape index (κ2) is 7.45. The Bertz CT molecular complexity index is 864. The van der Waals surface area contributed by atoms with Crippen LogP contribution in [0.2, 0.25) is 0 Å². The lowest BCUT2D eigenvalue weighted by molar-refractivity contribution is -0.0451. The molecule has 1 aromatic carbocycles. The van der Waals surface area contributed by atoms with Gasteiger partial charge in [0.15, 0.2) is 0 Å². The largest absolute Gasteiger partial charge is 0.373 e. The number of hydrogen-bond acceptors (Lipinski definition) is 4. The van der Waals surface area contributed by atoms with Crippen LogP contribution in [0.4, 0.5) is 0 Å². The highest BCUT2D eigenvalue weighted by molar-refractivity contribution is 5.95. The summed E-state index contributed by atoms with van der Waals surface area (Å²) in [6.07, 6.45) is 5.83. The minimum atomic E-state index is -0.144. The Morgan fingerprint density at radius 2 is 1.96 bits per heavy atom. The number of fused-ring (bicyclic) bond motifs is 1. The average Bonchev–Trinajstić information content (AvgIpc) is 3.38. The fraction of sp³-hybridized carbons (Fsp3) is 0.565. The Morgan fingerprint density at radius 1 is 1.11 bits per heavy atom. The number of likely N-dealkylation sites (tertiary alicyclic amines) is 2. The number of carbonyl (C=O) groups is 1. The standard InChI is InChI=1S/C23H29N3O2/c27-22(21-9-8-19-6-1-2-7-20(19)24-21)26-13-5-10-23(17-26)14-18(16-28-23)15-25-11-3-4-12-25/h1-2,6-9,18H,3-5,10-17H2/t18-,23+/m0/s1. The highest BCUT2D eigenvalue weighted by Gasteiger charge is 2.45. The highest BCUT2D eigenvalue weighted by Crippen LogP contribution is 2.38. The number of para-hydroxylation sites is 1. The molecule has 0 saturated carbocycles. The van der Waals surface area contributed by atoms with Crippen LogP contribution in [0.1, 0.15) is 42.6 Å². The van der Waals surface area contributed by atoms with Crippen molar-refractivity contribution in [3.8, 4) is 0 Å². The molecule has 3 saturated heterocycles. The molecule has 5 heteroatoms. The van der Waals surface area contributed by atoms with Gasteiger partial charge in [-0.05, 0) is 63.2 Å². The number of pyridine rings is 1. The first-order chi connectivity index (χ1) is 13.7. The van der Waals surface area contributed by atoms with Crippen molar-refractivity contribution >= 4 is 16.8 Å². The van der Waals surface area contributed by atoms with Gasteiger partial charge >= 0.3 is 0 Å². The van der Waals surface area contributed by atoms with Crippen LogP contribution in [0.5, 0.6) is 0 Å². The zero-order valence-corrected chi connectivity index (χ0v) is 16.5. The number of amides is 1. The van der Waals surface area contributed by atoms with Gasteiger partial charge in [0.2, 0.25) is 0 Å². The maximum atomic E-state index is 13.1. The SMILES string of the molecule is O=C(c1ccc2ccccc2n1)N1CCC[C@@]2(C[C@@H](CN3CCCC3)CO2)C1. The summed E-state index contributed by atoms with van der Waals surface area (Å²) in [7, 11) is 0. The number of benzene rings is 1. The van der Waals surface area contributed by atoms with Crippen LogP contribution in [-0.2, 0) is 4.74 Å². The van der Waals surface area contributed by atoms with Crippen LogP contribution in [0.3, 0.4) is 0 Å². The Kier molecular flexibility index (Phi) is 4.81. The quantitative estimate of drug-likeness (QED) is 0.821. The summed E-state index contributed by atoms with van der Waals surface area (Å²) < 4.78 is 6.35. The van der Waals surface area contributed by atoms with E-state index in [-0.39, 0.29) is 11.5 Å². The number of carbonyl (C=O) groups excluding carboxylic acids is 1. The highest BCUT2D eigenvalue weighted by atomic mass is 16.5. The van der Waals surface area contributed by atoms with E-state index in [9.17, 15) is 4.79 Å². The number of hydrogen-bond donors (Lipinski definition) is 0. The smallest absolute Gasteiger partial charge is 0.272 e. The van der Waals surface area contributed by atoms with E-state index in [1.807, 2.05) is 41.3 Å². The number of piperidine rings is 1. The fourth-order valence-electron chi connectivity index (χ4n) is 5.29. The maximum absolute atomic E-state index is 13.1. The van der Waals surface area contributed by atoms with E-state index < -0.39 is 0 Å². The summed E-state index contributed by atoms with van der Waals surface area (Å²) in [5.41, 5.74) is 1.28. The lowest BCUT2D eigenvalue weighted by Crippen LogP contribution is -2.50. The van der Waals surface area contributed by atoms with Crippen LogP contribution < -0.4 is 0 Å². The van der Waals surface area contributed by atoms with Crippen molar-refractivity contribution in [3.63, 3.8) is 0 Å².